The van der Waals surface area contributed by atoms with Crippen LogP contribution in [0.15, 0.2) is 18.2 Å². The first-order chi connectivity index (χ1) is 9.43. The monoisotopic (exact) mass is 276 g/mol. The molecule has 0 fully saturated rings. The molecular weight excluding hydrogens is 251 g/mol. The van der Waals surface area contributed by atoms with E-state index in [0.29, 0.717) is 36.2 Å². The summed E-state index contributed by atoms with van der Waals surface area (Å²) in [5, 5.41) is 0. The third-order valence-corrected chi connectivity index (χ3v) is 3.37. The highest BCUT2D eigenvalue weighted by Gasteiger charge is 2.13. The molecule has 110 valence electrons. The molecule has 0 saturated carbocycles. The van der Waals surface area contributed by atoms with Gasteiger partial charge in [-0.15, -0.1) is 0 Å². The van der Waals surface area contributed by atoms with Gasteiger partial charge in [0.05, 0.1) is 6.54 Å². The van der Waals surface area contributed by atoms with Crippen LogP contribution in [0.25, 0.3) is 0 Å². The van der Waals surface area contributed by atoms with Crippen LogP contribution in [0.5, 0.6) is 0 Å². The molecule has 0 radical (unpaired) electrons. The average Bonchev–Trinajstić information content (AvgIpc) is 2.38. The molecule has 0 aliphatic heterocycles. The molecular formula is C17H25FN2. The van der Waals surface area contributed by atoms with Crippen molar-refractivity contribution in [3.05, 3.63) is 35.1 Å². The van der Waals surface area contributed by atoms with Crippen molar-refractivity contribution < 1.29 is 4.39 Å². The summed E-state index contributed by atoms with van der Waals surface area (Å²) < 4.78 is 14.0. The molecule has 0 saturated heterocycles. The second-order valence-electron chi connectivity index (χ2n) is 5.71. The molecule has 20 heavy (non-hydrogen) atoms. The van der Waals surface area contributed by atoms with Crippen molar-refractivity contribution in [2.75, 3.05) is 13.6 Å². The highest BCUT2D eigenvalue weighted by molar-refractivity contribution is 5.37. The molecule has 0 spiro atoms. The Morgan fingerprint density at radius 3 is 2.55 bits per heavy atom. The summed E-state index contributed by atoms with van der Waals surface area (Å²) in [5.41, 5.74) is 6.69. The molecule has 1 aromatic rings. The molecule has 1 aromatic carbocycles. The number of rotatable bonds is 5. The van der Waals surface area contributed by atoms with Crippen LogP contribution in [0.2, 0.25) is 0 Å². The van der Waals surface area contributed by atoms with Crippen molar-refractivity contribution in [3.63, 3.8) is 0 Å². The highest BCUT2D eigenvalue weighted by Crippen LogP contribution is 2.16. The fourth-order valence-electron chi connectivity index (χ4n) is 2.19. The van der Waals surface area contributed by atoms with E-state index in [0.717, 1.165) is 6.42 Å². The van der Waals surface area contributed by atoms with Gasteiger partial charge in [-0.1, -0.05) is 31.8 Å². The van der Waals surface area contributed by atoms with Gasteiger partial charge in [0.25, 0.3) is 0 Å². The fourth-order valence-corrected chi connectivity index (χ4v) is 2.19. The molecule has 3 heteroatoms. The summed E-state index contributed by atoms with van der Waals surface area (Å²) in [6, 6.07) is 5.58. The molecule has 1 unspecified atom stereocenters. The Kier molecular flexibility index (Phi) is 6.70. The lowest BCUT2D eigenvalue weighted by molar-refractivity contribution is 0.218. The second-order valence-corrected chi connectivity index (χ2v) is 5.71. The van der Waals surface area contributed by atoms with Gasteiger partial charge in [0.15, 0.2) is 0 Å². The quantitative estimate of drug-likeness (QED) is 0.838. The summed E-state index contributed by atoms with van der Waals surface area (Å²) >= 11 is 0. The van der Waals surface area contributed by atoms with Gasteiger partial charge >= 0.3 is 0 Å². The minimum absolute atomic E-state index is 0.197. The summed E-state index contributed by atoms with van der Waals surface area (Å²) in [5.74, 6) is 6.03. The van der Waals surface area contributed by atoms with Crippen LogP contribution in [0.4, 0.5) is 4.39 Å². The summed E-state index contributed by atoms with van der Waals surface area (Å²) in [7, 11) is 2.04. The third kappa shape index (κ3) is 5.32. The first-order valence-electron chi connectivity index (χ1n) is 7.11. The standard InChI is InChI=1S/C17H25FN2/c1-13(2)10-14(3)20(4)12-16-8-7-15(6-5-9-19)11-17(16)18/h7-8,11,13-14H,9-10,12,19H2,1-4H3. The summed E-state index contributed by atoms with van der Waals surface area (Å²) in [6.07, 6.45) is 1.11. The van der Waals surface area contributed by atoms with E-state index in [1.165, 1.54) is 6.07 Å². The first-order valence-corrected chi connectivity index (χ1v) is 7.11. The Labute approximate surface area is 122 Å². The van der Waals surface area contributed by atoms with Gasteiger partial charge in [-0.3, -0.25) is 4.90 Å². The van der Waals surface area contributed by atoms with E-state index in [1.54, 1.807) is 0 Å². The van der Waals surface area contributed by atoms with E-state index in [4.69, 9.17) is 5.73 Å². The number of hydrogen-bond acceptors (Lipinski definition) is 2. The zero-order chi connectivity index (χ0) is 15.1. The fraction of sp³-hybridized carbons (Fsp3) is 0.529. The van der Waals surface area contributed by atoms with E-state index in [9.17, 15) is 4.39 Å². The van der Waals surface area contributed by atoms with Crippen LogP contribution in [-0.4, -0.2) is 24.5 Å². The molecule has 1 rings (SSSR count). The van der Waals surface area contributed by atoms with E-state index in [1.807, 2.05) is 19.2 Å². The van der Waals surface area contributed by atoms with Crippen LogP contribution in [0.1, 0.15) is 38.3 Å². The second kappa shape index (κ2) is 8.04. The predicted molar refractivity (Wildman–Crippen MR) is 82.7 cm³/mol. The van der Waals surface area contributed by atoms with Crippen LogP contribution in [-0.2, 0) is 6.54 Å². The smallest absolute Gasteiger partial charge is 0.128 e. The number of nitrogens with two attached hydrogens (primary N) is 1. The average molecular weight is 276 g/mol. The maximum atomic E-state index is 14.0. The molecule has 0 aromatic heterocycles. The maximum Gasteiger partial charge on any atom is 0.128 e. The predicted octanol–water partition coefficient (Wildman–Crippen LogP) is 3.00. The van der Waals surface area contributed by atoms with Crippen molar-refractivity contribution >= 4 is 0 Å². The van der Waals surface area contributed by atoms with Gasteiger partial charge in [-0.2, -0.15) is 0 Å². The van der Waals surface area contributed by atoms with Crippen molar-refractivity contribution in [2.45, 2.75) is 39.8 Å². The molecule has 1 atom stereocenters. The molecule has 2 nitrogen and oxygen atoms in total. The Balaban J connectivity index is 2.73. The van der Waals surface area contributed by atoms with Crippen molar-refractivity contribution in [3.8, 4) is 11.8 Å². The van der Waals surface area contributed by atoms with E-state index in [2.05, 4.69) is 37.5 Å². The lowest BCUT2D eigenvalue weighted by Crippen LogP contribution is -2.30. The van der Waals surface area contributed by atoms with Crippen LogP contribution in [0, 0.1) is 23.6 Å². The lowest BCUT2D eigenvalue weighted by atomic mass is 10.0. The maximum absolute atomic E-state index is 14.0. The number of benzene rings is 1. The van der Waals surface area contributed by atoms with E-state index >= 15 is 0 Å². The van der Waals surface area contributed by atoms with Gasteiger partial charge in [0.2, 0.25) is 0 Å². The summed E-state index contributed by atoms with van der Waals surface area (Å²) in [4.78, 5) is 2.18. The van der Waals surface area contributed by atoms with Crippen LogP contribution < -0.4 is 5.73 Å². The van der Waals surface area contributed by atoms with E-state index < -0.39 is 0 Å². The van der Waals surface area contributed by atoms with Crippen molar-refractivity contribution in [1.82, 2.24) is 4.90 Å². The number of hydrogen-bond donors (Lipinski definition) is 1. The number of halogens is 1. The van der Waals surface area contributed by atoms with Gasteiger partial charge in [0.1, 0.15) is 5.82 Å². The Morgan fingerprint density at radius 1 is 1.30 bits per heavy atom. The minimum Gasteiger partial charge on any atom is -0.320 e. The lowest BCUT2D eigenvalue weighted by Gasteiger charge is -2.26. The first kappa shape index (κ1) is 16.7. The van der Waals surface area contributed by atoms with Crippen LogP contribution >= 0.6 is 0 Å². The Morgan fingerprint density at radius 2 is 2.00 bits per heavy atom. The molecule has 0 aliphatic rings. The Bertz CT molecular complexity index is 485. The van der Waals surface area contributed by atoms with Crippen LogP contribution in [0.3, 0.4) is 0 Å². The molecule has 0 amide bonds. The SMILES string of the molecule is CC(C)CC(C)N(C)Cc1ccc(C#CCN)cc1F. The Hall–Kier alpha value is -1.37. The molecule has 0 aliphatic carbocycles. The highest BCUT2D eigenvalue weighted by atomic mass is 19.1. The van der Waals surface area contributed by atoms with E-state index in [-0.39, 0.29) is 5.82 Å². The van der Waals surface area contributed by atoms with Gasteiger partial charge in [0, 0.05) is 23.7 Å². The summed E-state index contributed by atoms with van der Waals surface area (Å²) in [6.45, 7) is 7.49. The topological polar surface area (TPSA) is 29.3 Å². The molecule has 0 heterocycles. The van der Waals surface area contributed by atoms with Gasteiger partial charge in [-0.25, -0.2) is 4.39 Å². The molecule has 0 bridgehead atoms. The van der Waals surface area contributed by atoms with Crippen molar-refractivity contribution in [1.29, 1.82) is 0 Å². The third-order valence-electron chi connectivity index (χ3n) is 3.37. The zero-order valence-electron chi connectivity index (χ0n) is 12.9. The van der Waals surface area contributed by atoms with Crippen molar-refractivity contribution in [2.24, 2.45) is 11.7 Å². The van der Waals surface area contributed by atoms with Gasteiger partial charge in [-0.05, 0) is 38.4 Å². The normalized spacial score (nSPS) is 12.4. The minimum atomic E-state index is -0.197. The zero-order valence-corrected chi connectivity index (χ0v) is 12.9. The number of nitrogens with zero attached hydrogens (tertiary/aromatic N) is 1. The largest absolute Gasteiger partial charge is 0.320 e. The van der Waals surface area contributed by atoms with Gasteiger partial charge < -0.3 is 5.73 Å². The molecule has 2 N–H and O–H groups in total.